The van der Waals surface area contributed by atoms with Crippen molar-refractivity contribution < 1.29 is 4.74 Å². The summed E-state index contributed by atoms with van der Waals surface area (Å²) in [7, 11) is 0. The molecule has 2 N–H and O–H groups in total. The van der Waals surface area contributed by atoms with E-state index in [1.54, 1.807) is 0 Å². The number of nitrogens with two attached hydrogens (primary N) is 1. The number of hydrogen-bond acceptors (Lipinski definition) is 3. The normalized spacial score (nSPS) is 27.5. The lowest BCUT2D eigenvalue weighted by molar-refractivity contribution is -0.0532. The minimum absolute atomic E-state index is 0.0775. The van der Waals surface area contributed by atoms with Crippen LogP contribution >= 0.6 is 0 Å². The molecule has 1 saturated heterocycles. The highest BCUT2D eigenvalue weighted by molar-refractivity contribution is 4.84. The van der Waals surface area contributed by atoms with Crippen molar-refractivity contribution in [3.05, 3.63) is 0 Å². The second kappa shape index (κ2) is 3.73. The average Bonchev–Trinajstić information content (AvgIpc) is 2.05. The molecule has 1 aliphatic rings. The Balaban J connectivity index is 2.58. The molecule has 0 radical (unpaired) electrons. The van der Waals surface area contributed by atoms with Crippen LogP contribution in [0.25, 0.3) is 0 Å². The molecule has 0 aromatic carbocycles. The van der Waals surface area contributed by atoms with Gasteiger partial charge >= 0.3 is 0 Å². The van der Waals surface area contributed by atoms with E-state index < -0.39 is 0 Å². The lowest BCUT2D eigenvalue weighted by Gasteiger charge is -2.44. The molecular formula is C9H20N2O. The molecule has 0 amide bonds. The Bertz CT molecular complexity index is 147. The second-order valence-electron chi connectivity index (χ2n) is 4.00. The maximum Gasteiger partial charge on any atom is 0.0818 e. The van der Waals surface area contributed by atoms with Crippen molar-refractivity contribution in [2.45, 2.75) is 38.9 Å². The van der Waals surface area contributed by atoms with Gasteiger partial charge in [0.05, 0.1) is 19.4 Å². The summed E-state index contributed by atoms with van der Waals surface area (Å²) in [5.74, 6) is 0. The lowest BCUT2D eigenvalue weighted by Crippen LogP contribution is -2.59. The third-order valence-corrected chi connectivity index (χ3v) is 2.81. The van der Waals surface area contributed by atoms with Crippen molar-refractivity contribution in [2.24, 2.45) is 5.73 Å². The smallest absolute Gasteiger partial charge is 0.0818 e. The van der Waals surface area contributed by atoms with Crippen LogP contribution in [0.3, 0.4) is 0 Å². The van der Waals surface area contributed by atoms with Gasteiger partial charge in [0.15, 0.2) is 0 Å². The molecule has 0 spiro atoms. The summed E-state index contributed by atoms with van der Waals surface area (Å²) in [6.45, 7) is 9.11. The molecule has 12 heavy (non-hydrogen) atoms. The molecule has 1 unspecified atom stereocenters. The minimum Gasteiger partial charge on any atom is -0.377 e. The first kappa shape index (κ1) is 9.96. The fourth-order valence-electron chi connectivity index (χ4n) is 1.58. The monoisotopic (exact) mass is 172 g/mol. The quantitative estimate of drug-likeness (QED) is 0.669. The first-order valence-corrected chi connectivity index (χ1v) is 4.68. The summed E-state index contributed by atoms with van der Waals surface area (Å²) >= 11 is 0. The van der Waals surface area contributed by atoms with Crippen LogP contribution in [0.4, 0.5) is 0 Å². The molecule has 1 heterocycles. The second-order valence-corrected chi connectivity index (χ2v) is 4.00. The maximum absolute atomic E-state index is 5.94. The lowest BCUT2D eigenvalue weighted by atomic mass is 9.98. The molecule has 3 heteroatoms. The molecule has 0 bridgehead atoms. The van der Waals surface area contributed by atoms with Gasteiger partial charge < -0.3 is 10.5 Å². The zero-order valence-electron chi connectivity index (χ0n) is 8.34. The molecule has 3 nitrogen and oxygen atoms in total. The fraction of sp³-hybridized carbons (Fsp3) is 1.00. The van der Waals surface area contributed by atoms with Crippen LogP contribution in [0, 0.1) is 0 Å². The van der Waals surface area contributed by atoms with E-state index in [0.29, 0.717) is 6.61 Å². The van der Waals surface area contributed by atoms with Crippen molar-refractivity contribution in [3.63, 3.8) is 0 Å². The number of hydrogen-bond donors (Lipinski definition) is 1. The van der Waals surface area contributed by atoms with E-state index in [0.717, 1.165) is 19.6 Å². The van der Waals surface area contributed by atoms with Gasteiger partial charge in [0.1, 0.15) is 0 Å². The summed E-state index contributed by atoms with van der Waals surface area (Å²) in [6, 6.07) is 0. The Hall–Kier alpha value is -0.120. The standard InChI is InChI=1S/C9H20N2O/c1-4-9(2,3)11-5-6-12-7-8(11)10/h8H,4-7,10H2,1-3H3. The van der Waals surface area contributed by atoms with Crippen LogP contribution in [0.15, 0.2) is 0 Å². The van der Waals surface area contributed by atoms with Crippen molar-refractivity contribution in [1.82, 2.24) is 4.90 Å². The highest BCUT2D eigenvalue weighted by atomic mass is 16.5. The van der Waals surface area contributed by atoms with E-state index in [4.69, 9.17) is 10.5 Å². The Labute approximate surface area is 74.9 Å². The molecule has 0 saturated carbocycles. The van der Waals surface area contributed by atoms with Gasteiger partial charge in [0.2, 0.25) is 0 Å². The van der Waals surface area contributed by atoms with Crippen molar-refractivity contribution >= 4 is 0 Å². The molecule has 1 rings (SSSR count). The summed E-state index contributed by atoms with van der Waals surface area (Å²) in [4.78, 5) is 2.33. The minimum atomic E-state index is 0.0775. The topological polar surface area (TPSA) is 38.5 Å². The van der Waals surface area contributed by atoms with Gasteiger partial charge in [-0.25, -0.2) is 0 Å². The van der Waals surface area contributed by atoms with E-state index in [1.165, 1.54) is 0 Å². The van der Waals surface area contributed by atoms with Crippen molar-refractivity contribution in [1.29, 1.82) is 0 Å². The van der Waals surface area contributed by atoms with Crippen LogP contribution in [0.1, 0.15) is 27.2 Å². The van der Waals surface area contributed by atoms with E-state index in [9.17, 15) is 0 Å². The molecule has 1 fully saturated rings. The summed E-state index contributed by atoms with van der Waals surface area (Å²) in [5.41, 5.74) is 6.15. The van der Waals surface area contributed by atoms with Crippen LogP contribution < -0.4 is 5.73 Å². The Kier molecular flexibility index (Phi) is 3.09. The summed E-state index contributed by atoms with van der Waals surface area (Å²) in [5, 5.41) is 0. The molecule has 0 aromatic heterocycles. The predicted octanol–water partition coefficient (Wildman–Crippen LogP) is 0.792. The molecule has 0 aromatic rings. The van der Waals surface area contributed by atoms with Gasteiger partial charge in [0.25, 0.3) is 0 Å². The highest BCUT2D eigenvalue weighted by Gasteiger charge is 2.31. The molecule has 1 atom stereocenters. The number of ether oxygens (including phenoxy) is 1. The Morgan fingerprint density at radius 3 is 2.75 bits per heavy atom. The van der Waals surface area contributed by atoms with Crippen LogP contribution in [0.5, 0.6) is 0 Å². The SMILES string of the molecule is CCC(C)(C)N1CCOCC1N. The van der Waals surface area contributed by atoms with Gasteiger partial charge in [-0.2, -0.15) is 0 Å². The zero-order valence-corrected chi connectivity index (χ0v) is 8.34. The Morgan fingerprint density at radius 2 is 2.25 bits per heavy atom. The van der Waals surface area contributed by atoms with Crippen molar-refractivity contribution in [2.75, 3.05) is 19.8 Å². The van der Waals surface area contributed by atoms with E-state index in [2.05, 4.69) is 25.7 Å². The summed E-state index contributed by atoms with van der Waals surface area (Å²) < 4.78 is 5.28. The van der Waals surface area contributed by atoms with Crippen LogP contribution in [-0.4, -0.2) is 36.4 Å². The number of nitrogens with zero attached hydrogens (tertiary/aromatic N) is 1. The van der Waals surface area contributed by atoms with Gasteiger partial charge in [-0.3, -0.25) is 4.90 Å². The largest absolute Gasteiger partial charge is 0.377 e. The van der Waals surface area contributed by atoms with E-state index >= 15 is 0 Å². The van der Waals surface area contributed by atoms with Crippen LogP contribution in [0.2, 0.25) is 0 Å². The zero-order chi connectivity index (χ0) is 9.19. The number of rotatable bonds is 2. The maximum atomic E-state index is 5.94. The highest BCUT2D eigenvalue weighted by Crippen LogP contribution is 2.21. The van der Waals surface area contributed by atoms with Gasteiger partial charge in [-0.05, 0) is 20.3 Å². The molecule has 0 aliphatic carbocycles. The van der Waals surface area contributed by atoms with Gasteiger partial charge in [-0.1, -0.05) is 6.92 Å². The van der Waals surface area contributed by atoms with E-state index in [1.807, 2.05) is 0 Å². The third kappa shape index (κ3) is 1.97. The first-order valence-electron chi connectivity index (χ1n) is 4.68. The molecule has 1 aliphatic heterocycles. The van der Waals surface area contributed by atoms with Gasteiger partial charge in [0, 0.05) is 12.1 Å². The van der Waals surface area contributed by atoms with Crippen molar-refractivity contribution in [3.8, 4) is 0 Å². The van der Waals surface area contributed by atoms with Gasteiger partial charge in [-0.15, -0.1) is 0 Å². The van der Waals surface area contributed by atoms with E-state index in [-0.39, 0.29) is 11.7 Å². The average molecular weight is 172 g/mol. The Morgan fingerprint density at radius 1 is 1.58 bits per heavy atom. The fourth-order valence-corrected chi connectivity index (χ4v) is 1.58. The molecule has 72 valence electrons. The summed E-state index contributed by atoms with van der Waals surface area (Å²) in [6.07, 6.45) is 1.20. The number of morpholine rings is 1. The molecular weight excluding hydrogens is 152 g/mol. The van der Waals surface area contributed by atoms with Crippen LogP contribution in [-0.2, 0) is 4.74 Å². The third-order valence-electron chi connectivity index (χ3n) is 2.81. The predicted molar refractivity (Wildman–Crippen MR) is 49.9 cm³/mol. The first-order chi connectivity index (χ1) is 5.58.